The van der Waals surface area contributed by atoms with E-state index in [0.29, 0.717) is 0 Å². The number of nitrogens with one attached hydrogen (secondary N) is 1. The summed E-state index contributed by atoms with van der Waals surface area (Å²) in [6, 6.07) is 6.27. The first-order valence-electron chi connectivity index (χ1n) is 6.06. The number of nitrogens with zero attached hydrogens (tertiary/aromatic N) is 1. The predicted octanol–water partition coefficient (Wildman–Crippen LogP) is 2.55. The van der Waals surface area contributed by atoms with Gasteiger partial charge in [0.1, 0.15) is 0 Å². The Morgan fingerprint density at radius 2 is 2.25 bits per heavy atom. The van der Waals surface area contributed by atoms with Gasteiger partial charge in [0.15, 0.2) is 0 Å². The van der Waals surface area contributed by atoms with Crippen molar-refractivity contribution in [1.29, 1.82) is 0 Å². The second kappa shape index (κ2) is 8.25. The van der Waals surface area contributed by atoms with E-state index in [1.807, 2.05) is 24.4 Å². The molecule has 1 N–H and O–H groups in total. The number of pyridine rings is 1. The van der Waals surface area contributed by atoms with Gasteiger partial charge in [-0.3, -0.25) is 4.98 Å². The van der Waals surface area contributed by atoms with Crippen molar-refractivity contribution in [3.8, 4) is 0 Å². The summed E-state index contributed by atoms with van der Waals surface area (Å²) in [5.41, 5.74) is 1.08. The maximum Gasteiger partial charge on any atom is 0.0591 e. The van der Waals surface area contributed by atoms with E-state index in [2.05, 4.69) is 24.1 Å². The molecule has 1 aromatic rings. The maximum absolute atomic E-state index is 5.48. The number of aromatic nitrogens is 1. The standard InChI is InChI=1S/C13H22N2O/c1-3-4-10-16-11-9-14-12(2)13-7-5-6-8-15-13/h5-8,12,14H,3-4,9-11H2,1-2H3/t12-/m1/s1. The highest BCUT2D eigenvalue weighted by atomic mass is 16.5. The van der Waals surface area contributed by atoms with E-state index in [4.69, 9.17) is 4.74 Å². The molecule has 0 aromatic carbocycles. The first-order valence-corrected chi connectivity index (χ1v) is 6.06. The fourth-order valence-corrected chi connectivity index (χ4v) is 1.43. The summed E-state index contributed by atoms with van der Waals surface area (Å²) in [7, 11) is 0. The smallest absolute Gasteiger partial charge is 0.0591 e. The lowest BCUT2D eigenvalue weighted by molar-refractivity contribution is 0.131. The maximum atomic E-state index is 5.48. The summed E-state index contributed by atoms with van der Waals surface area (Å²) < 4.78 is 5.48. The highest BCUT2D eigenvalue weighted by molar-refractivity contribution is 5.07. The first-order chi connectivity index (χ1) is 7.84. The van der Waals surface area contributed by atoms with Crippen LogP contribution >= 0.6 is 0 Å². The van der Waals surface area contributed by atoms with Crippen molar-refractivity contribution < 1.29 is 4.74 Å². The molecule has 3 nitrogen and oxygen atoms in total. The predicted molar refractivity (Wildman–Crippen MR) is 66.4 cm³/mol. The highest BCUT2D eigenvalue weighted by Gasteiger charge is 2.03. The van der Waals surface area contributed by atoms with Crippen LogP contribution in [0.3, 0.4) is 0 Å². The van der Waals surface area contributed by atoms with E-state index in [1.165, 1.54) is 6.42 Å². The molecule has 0 spiro atoms. The molecule has 1 heterocycles. The van der Waals surface area contributed by atoms with E-state index < -0.39 is 0 Å². The lowest BCUT2D eigenvalue weighted by atomic mass is 10.2. The molecule has 0 saturated heterocycles. The molecule has 0 saturated carbocycles. The third-order valence-corrected chi connectivity index (χ3v) is 2.47. The topological polar surface area (TPSA) is 34.1 Å². The zero-order valence-electron chi connectivity index (χ0n) is 10.3. The number of unbranched alkanes of at least 4 members (excludes halogenated alkanes) is 1. The lowest BCUT2D eigenvalue weighted by Crippen LogP contribution is -2.24. The van der Waals surface area contributed by atoms with E-state index in [1.54, 1.807) is 0 Å². The Morgan fingerprint density at radius 1 is 1.38 bits per heavy atom. The van der Waals surface area contributed by atoms with Gasteiger partial charge in [-0.2, -0.15) is 0 Å². The first kappa shape index (κ1) is 13.1. The molecule has 0 fully saturated rings. The van der Waals surface area contributed by atoms with Gasteiger partial charge < -0.3 is 10.1 Å². The number of ether oxygens (including phenoxy) is 1. The Hall–Kier alpha value is -0.930. The van der Waals surface area contributed by atoms with Crippen LogP contribution in [-0.2, 0) is 4.74 Å². The third kappa shape index (κ3) is 5.24. The average Bonchev–Trinajstić information content (AvgIpc) is 2.34. The minimum Gasteiger partial charge on any atom is -0.380 e. The Morgan fingerprint density at radius 3 is 2.94 bits per heavy atom. The molecule has 1 aromatic heterocycles. The van der Waals surface area contributed by atoms with Crippen molar-refractivity contribution in [1.82, 2.24) is 10.3 Å². The molecule has 90 valence electrons. The van der Waals surface area contributed by atoms with Gasteiger partial charge in [-0.15, -0.1) is 0 Å². The zero-order chi connectivity index (χ0) is 11.6. The van der Waals surface area contributed by atoms with Gasteiger partial charge in [-0.1, -0.05) is 19.4 Å². The third-order valence-electron chi connectivity index (χ3n) is 2.47. The fraction of sp³-hybridized carbons (Fsp3) is 0.615. The molecule has 0 unspecified atom stereocenters. The molecule has 3 heteroatoms. The Balaban J connectivity index is 2.09. The SMILES string of the molecule is CCCCOCCN[C@H](C)c1ccccn1. The van der Waals surface area contributed by atoms with E-state index >= 15 is 0 Å². The normalized spacial score (nSPS) is 12.6. The van der Waals surface area contributed by atoms with Crippen LogP contribution in [-0.4, -0.2) is 24.7 Å². The second-order valence-corrected chi connectivity index (χ2v) is 3.90. The van der Waals surface area contributed by atoms with Crippen LogP contribution in [0.4, 0.5) is 0 Å². The molecule has 0 aliphatic carbocycles. The van der Waals surface area contributed by atoms with Crippen LogP contribution in [0.15, 0.2) is 24.4 Å². The van der Waals surface area contributed by atoms with Crippen LogP contribution in [0.1, 0.15) is 38.4 Å². The molecule has 0 radical (unpaired) electrons. The highest BCUT2D eigenvalue weighted by Crippen LogP contribution is 2.06. The molecule has 16 heavy (non-hydrogen) atoms. The van der Waals surface area contributed by atoms with Crippen molar-refractivity contribution in [2.24, 2.45) is 0 Å². The summed E-state index contributed by atoms with van der Waals surface area (Å²) in [6.07, 6.45) is 4.17. The molecular weight excluding hydrogens is 200 g/mol. The van der Waals surface area contributed by atoms with Crippen molar-refractivity contribution >= 4 is 0 Å². The van der Waals surface area contributed by atoms with E-state index in [0.717, 1.165) is 31.9 Å². The fourth-order valence-electron chi connectivity index (χ4n) is 1.43. The van der Waals surface area contributed by atoms with Gasteiger partial charge in [0.05, 0.1) is 12.3 Å². The van der Waals surface area contributed by atoms with Crippen molar-refractivity contribution in [2.45, 2.75) is 32.7 Å². The zero-order valence-corrected chi connectivity index (χ0v) is 10.3. The average molecular weight is 222 g/mol. The van der Waals surface area contributed by atoms with Crippen molar-refractivity contribution in [2.75, 3.05) is 19.8 Å². The largest absolute Gasteiger partial charge is 0.380 e. The van der Waals surface area contributed by atoms with Gasteiger partial charge >= 0.3 is 0 Å². The van der Waals surface area contributed by atoms with E-state index in [9.17, 15) is 0 Å². The molecule has 0 aliphatic rings. The summed E-state index contributed by atoms with van der Waals surface area (Å²) in [5.74, 6) is 0. The molecule has 0 amide bonds. The van der Waals surface area contributed by atoms with Crippen LogP contribution in [0, 0.1) is 0 Å². The van der Waals surface area contributed by atoms with Gasteiger partial charge in [-0.05, 0) is 25.5 Å². The van der Waals surface area contributed by atoms with Crippen LogP contribution in [0.5, 0.6) is 0 Å². The van der Waals surface area contributed by atoms with Gasteiger partial charge in [0.2, 0.25) is 0 Å². The second-order valence-electron chi connectivity index (χ2n) is 3.90. The van der Waals surface area contributed by atoms with Crippen LogP contribution in [0.2, 0.25) is 0 Å². The Bertz CT molecular complexity index is 264. The number of hydrogen-bond donors (Lipinski definition) is 1. The molecular formula is C13H22N2O. The van der Waals surface area contributed by atoms with E-state index in [-0.39, 0.29) is 6.04 Å². The Kier molecular flexibility index (Phi) is 6.77. The van der Waals surface area contributed by atoms with Gasteiger partial charge in [0, 0.05) is 25.4 Å². The summed E-state index contributed by atoms with van der Waals surface area (Å²) in [4.78, 5) is 4.30. The van der Waals surface area contributed by atoms with Crippen LogP contribution < -0.4 is 5.32 Å². The molecule has 0 bridgehead atoms. The van der Waals surface area contributed by atoms with Gasteiger partial charge in [0.25, 0.3) is 0 Å². The van der Waals surface area contributed by atoms with Crippen molar-refractivity contribution in [3.05, 3.63) is 30.1 Å². The minimum atomic E-state index is 0.288. The molecule has 1 rings (SSSR count). The number of hydrogen-bond acceptors (Lipinski definition) is 3. The van der Waals surface area contributed by atoms with Gasteiger partial charge in [-0.25, -0.2) is 0 Å². The van der Waals surface area contributed by atoms with Crippen LogP contribution in [0.25, 0.3) is 0 Å². The lowest BCUT2D eigenvalue weighted by Gasteiger charge is -2.13. The Labute approximate surface area is 98.2 Å². The molecule has 0 aliphatic heterocycles. The van der Waals surface area contributed by atoms with Crippen molar-refractivity contribution in [3.63, 3.8) is 0 Å². The summed E-state index contributed by atoms with van der Waals surface area (Å²) in [6.45, 7) is 6.81. The number of rotatable bonds is 8. The summed E-state index contributed by atoms with van der Waals surface area (Å²) >= 11 is 0. The monoisotopic (exact) mass is 222 g/mol. The summed E-state index contributed by atoms with van der Waals surface area (Å²) in [5, 5.41) is 3.39. The molecule has 1 atom stereocenters. The minimum absolute atomic E-state index is 0.288. The quantitative estimate of drug-likeness (QED) is 0.686.